The Bertz CT molecular complexity index is 1290. The Kier molecular flexibility index (Phi) is 9.63. The molecule has 0 saturated carbocycles. The highest BCUT2D eigenvalue weighted by Gasteiger charge is 2.31. The number of carbonyl (C=O) groups is 1. The quantitative estimate of drug-likeness (QED) is 0.316. The molecule has 0 saturated heterocycles. The summed E-state index contributed by atoms with van der Waals surface area (Å²) >= 11 is 0. The maximum Gasteiger partial charge on any atom is 0.320 e. The van der Waals surface area contributed by atoms with Crippen molar-refractivity contribution in [3.05, 3.63) is 57.6 Å². The van der Waals surface area contributed by atoms with Gasteiger partial charge in [0.2, 0.25) is 15.9 Å². The molecule has 0 aromatic heterocycles. The lowest BCUT2D eigenvalue weighted by Crippen LogP contribution is -2.35. The van der Waals surface area contributed by atoms with E-state index in [1.165, 1.54) is 0 Å². The first kappa shape index (κ1) is 29.0. The van der Waals surface area contributed by atoms with Gasteiger partial charge >= 0.3 is 5.97 Å². The molecule has 1 aromatic carbocycles. The number of allylic oxidation sites excluding steroid dienone is 1. The van der Waals surface area contributed by atoms with Crippen LogP contribution >= 0.6 is 0 Å². The third kappa shape index (κ3) is 7.47. The normalized spacial score (nSPS) is 20.5. The fourth-order valence-electron chi connectivity index (χ4n) is 4.25. The second-order valence-corrected chi connectivity index (χ2v) is 12.2. The Morgan fingerprint density at radius 1 is 1.41 bits per heavy atom. The highest BCUT2D eigenvalue weighted by atomic mass is 32.2. The Hall–Kier alpha value is -2.60. The number of rotatable bonds is 9. The van der Waals surface area contributed by atoms with Crippen molar-refractivity contribution >= 4 is 32.5 Å². The zero-order valence-electron chi connectivity index (χ0n) is 21.7. The van der Waals surface area contributed by atoms with E-state index < -0.39 is 44.5 Å². The molecule has 1 heterocycles. The van der Waals surface area contributed by atoms with E-state index in [0.29, 0.717) is 12.3 Å². The number of aliphatic imine (C=N–C) groups is 1. The van der Waals surface area contributed by atoms with Gasteiger partial charge in [0.25, 0.3) is 0 Å². The van der Waals surface area contributed by atoms with Gasteiger partial charge < -0.3 is 19.0 Å². The molecule has 204 valence electrons. The van der Waals surface area contributed by atoms with Crippen molar-refractivity contribution in [1.82, 2.24) is 15.1 Å². The molecule has 2 aliphatic rings. The first-order valence-corrected chi connectivity index (χ1v) is 14.8. The molecule has 37 heavy (non-hydrogen) atoms. The molecule has 3 rings (SSSR count). The third-order valence-corrected chi connectivity index (χ3v) is 8.53. The van der Waals surface area contributed by atoms with E-state index in [9.17, 15) is 13.2 Å². The van der Waals surface area contributed by atoms with Gasteiger partial charge in [-0.25, -0.2) is 18.1 Å². The van der Waals surface area contributed by atoms with Gasteiger partial charge in [-0.2, -0.15) is 0 Å². The molecule has 0 radical (unpaired) electrons. The van der Waals surface area contributed by atoms with E-state index in [4.69, 9.17) is 24.8 Å². The summed E-state index contributed by atoms with van der Waals surface area (Å²) in [5.41, 5.74) is 12.7. The number of fused-ring (bicyclic) bond motifs is 1. The summed E-state index contributed by atoms with van der Waals surface area (Å²) in [6.07, 6.45) is 5.33. The van der Waals surface area contributed by atoms with Gasteiger partial charge in [0.15, 0.2) is 11.9 Å². The minimum Gasteiger partial charge on any atom is -0.480 e. The minimum absolute atomic E-state index is 0.0291. The predicted molar refractivity (Wildman–Crippen MR) is 145 cm³/mol. The number of sulfonamides is 1. The number of carboxylic acid groups (broad SMARTS) is 1. The molecule has 0 bridgehead atoms. The Labute approximate surface area is 221 Å². The molecule has 2 atom stereocenters. The summed E-state index contributed by atoms with van der Waals surface area (Å²) in [7, 11) is -1.11. The van der Waals surface area contributed by atoms with Gasteiger partial charge in [-0.15, -0.1) is 5.48 Å². The van der Waals surface area contributed by atoms with Crippen LogP contribution in [0.3, 0.4) is 0 Å². The molecule has 1 aliphatic carbocycles. The molecule has 0 spiro atoms. The average molecular weight is 552 g/mol. The van der Waals surface area contributed by atoms with Crippen LogP contribution in [0.2, 0.25) is 0 Å². The fraction of sp³-hybridized carbons (Fsp3) is 0.480. The van der Waals surface area contributed by atoms with E-state index in [1.54, 1.807) is 0 Å². The third-order valence-electron chi connectivity index (χ3n) is 5.77. The van der Waals surface area contributed by atoms with Gasteiger partial charge in [-0.1, -0.05) is 35.4 Å². The van der Waals surface area contributed by atoms with Crippen LogP contribution in [0.5, 0.6) is 0 Å². The molecule has 2 unspecified atom stereocenters. The van der Waals surface area contributed by atoms with E-state index in [0.717, 1.165) is 40.1 Å². The number of aliphatic carboxylic acids is 1. The van der Waals surface area contributed by atoms with Crippen LogP contribution in [0, 0.1) is 5.69 Å². The molecule has 3 N–H and O–H groups in total. The van der Waals surface area contributed by atoms with Crippen molar-refractivity contribution in [2.45, 2.75) is 58.3 Å². The fourth-order valence-corrected chi connectivity index (χ4v) is 6.45. The molecular weight excluding hydrogens is 516 g/mol. The first-order chi connectivity index (χ1) is 17.4. The van der Waals surface area contributed by atoms with Gasteiger partial charge in [0.1, 0.15) is 0 Å². The first-order valence-electron chi connectivity index (χ1n) is 12.0. The van der Waals surface area contributed by atoms with Crippen LogP contribution in [0.1, 0.15) is 62.5 Å². The van der Waals surface area contributed by atoms with Gasteiger partial charge in [-0.05, 0) is 56.7 Å². The van der Waals surface area contributed by atoms with Crippen LogP contribution in [0.4, 0.5) is 0 Å². The van der Waals surface area contributed by atoms with E-state index in [-0.39, 0.29) is 6.10 Å². The number of benzene rings is 1. The number of nitrogens with zero attached hydrogens (tertiary/aromatic N) is 2. The summed E-state index contributed by atoms with van der Waals surface area (Å²) in [5, 5.41) is 9.71. The smallest absolute Gasteiger partial charge is 0.320 e. The summed E-state index contributed by atoms with van der Waals surface area (Å²) in [5.74, 6) is -1.96. The Morgan fingerprint density at radius 3 is 2.73 bits per heavy atom. The van der Waals surface area contributed by atoms with Gasteiger partial charge in [-0.3, -0.25) is 21.1 Å². The lowest BCUT2D eigenvalue weighted by atomic mass is 9.84. The minimum atomic E-state index is -3.97. The zero-order valence-corrected chi connectivity index (χ0v) is 23.4. The van der Waals surface area contributed by atoms with E-state index in [1.807, 2.05) is 70.1 Å². The van der Waals surface area contributed by atoms with Crippen molar-refractivity contribution in [2.24, 2.45) is 4.99 Å². The summed E-state index contributed by atoms with van der Waals surface area (Å²) in [6, 6.07) is 5.15. The van der Waals surface area contributed by atoms with Crippen molar-refractivity contribution in [3.63, 3.8) is 0 Å². The van der Waals surface area contributed by atoms with Crippen LogP contribution in [-0.2, 0) is 40.8 Å². The highest BCUT2D eigenvalue weighted by Crippen LogP contribution is 2.36. The molecule has 12 heteroatoms. The summed E-state index contributed by atoms with van der Waals surface area (Å²) in [6.45, 7) is 5.74. The Balaban J connectivity index is 1.89. The average Bonchev–Trinajstić information content (AvgIpc) is 3.27. The standard InChI is InChI=1S/C25H35N4O6S2/c1-7-17(14-22(29(4)5)36(6)35-16(2)3)25-26-24(27-34-25)20-12-8-11-19-18(20)10-9-13-21(19)28-37(32,33)15-23(30)31/h6-8,11-12,14,16,21,24,27-28H,9-10,13,15H2,1-5H3,(H,30,31)/q-1. The monoisotopic (exact) mass is 551 g/mol. The highest BCUT2D eigenvalue weighted by molar-refractivity contribution is 7.90. The molecule has 0 amide bonds. The maximum atomic E-state index is 12.3. The number of hydroxylamine groups is 1. The molecular formula is C25H35N4O6S2-. The number of nitrogens with one attached hydrogen (secondary N) is 2. The van der Waals surface area contributed by atoms with E-state index >= 15 is 0 Å². The van der Waals surface area contributed by atoms with Crippen LogP contribution in [0.25, 0.3) is 0 Å². The molecule has 10 nitrogen and oxygen atoms in total. The summed E-state index contributed by atoms with van der Waals surface area (Å²) < 4.78 is 32.9. The largest absolute Gasteiger partial charge is 0.480 e. The SMILES string of the molecule is C#[S-](OC(C)C)C(=CC(=CC)C1=NC(c2cccc3c2CCCC3NS(=O)(=O)CC(=O)O)NO1)N(C)C. The Morgan fingerprint density at radius 2 is 2.11 bits per heavy atom. The van der Waals surface area contributed by atoms with E-state index in [2.05, 4.69) is 10.2 Å². The van der Waals surface area contributed by atoms with Crippen molar-refractivity contribution in [1.29, 1.82) is 0 Å². The molecule has 1 aliphatic heterocycles. The molecule has 0 fully saturated rings. The van der Waals surface area contributed by atoms with Crippen molar-refractivity contribution in [3.8, 4) is 5.69 Å². The second-order valence-electron chi connectivity index (χ2n) is 9.25. The lowest BCUT2D eigenvalue weighted by molar-refractivity contribution is -0.134. The van der Waals surface area contributed by atoms with Crippen LogP contribution in [-0.4, -0.2) is 56.2 Å². The topological polar surface area (TPSA) is 130 Å². The zero-order chi connectivity index (χ0) is 27.3. The van der Waals surface area contributed by atoms with Crippen molar-refractivity contribution < 1.29 is 27.3 Å². The second kappa shape index (κ2) is 12.3. The van der Waals surface area contributed by atoms with Crippen molar-refractivity contribution in [2.75, 3.05) is 19.8 Å². The van der Waals surface area contributed by atoms with Gasteiger partial charge in [0, 0.05) is 31.8 Å². The number of hydrogen-bond acceptors (Lipinski definition) is 9. The lowest BCUT2D eigenvalue weighted by Gasteiger charge is -2.32. The maximum absolute atomic E-state index is 12.3. The van der Waals surface area contributed by atoms with Crippen LogP contribution in [0.15, 0.2) is 45.9 Å². The number of carboxylic acids is 1. The number of hydrogen-bond donors (Lipinski definition) is 3. The van der Waals surface area contributed by atoms with Crippen LogP contribution < -0.4 is 10.2 Å². The molecule has 1 aromatic rings. The predicted octanol–water partition coefficient (Wildman–Crippen LogP) is 2.90. The van der Waals surface area contributed by atoms with Gasteiger partial charge in [0.05, 0.1) is 0 Å². The summed E-state index contributed by atoms with van der Waals surface area (Å²) in [4.78, 5) is 23.4.